The van der Waals surface area contributed by atoms with Crippen molar-refractivity contribution in [2.75, 3.05) is 0 Å². The first kappa shape index (κ1) is 14.8. The van der Waals surface area contributed by atoms with E-state index in [0.29, 0.717) is 10.6 Å². The Kier molecular flexibility index (Phi) is 5.23. The van der Waals surface area contributed by atoms with Crippen molar-refractivity contribution in [1.82, 2.24) is 0 Å². The van der Waals surface area contributed by atoms with Crippen LogP contribution in [-0.4, -0.2) is 6.10 Å². The summed E-state index contributed by atoms with van der Waals surface area (Å²) in [6.07, 6.45) is 4.95. The van der Waals surface area contributed by atoms with E-state index in [9.17, 15) is 4.39 Å². The molecule has 0 amide bonds. The highest BCUT2D eigenvalue weighted by molar-refractivity contribution is 6.31. The molecule has 0 aliphatic heterocycles. The lowest BCUT2D eigenvalue weighted by Crippen LogP contribution is -2.10. The molecule has 0 heterocycles. The molecule has 0 bridgehead atoms. The molecule has 3 heteroatoms. The van der Waals surface area contributed by atoms with E-state index in [1.807, 2.05) is 0 Å². The van der Waals surface area contributed by atoms with Crippen molar-refractivity contribution >= 4 is 11.6 Å². The fourth-order valence-corrected chi connectivity index (χ4v) is 3.15. The highest BCUT2D eigenvalue weighted by Gasteiger charge is 2.26. The molecule has 1 aromatic rings. The first-order valence-electron chi connectivity index (χ1n) is 7.10. The summed E-state index contributed by atoms with van der Waals surface area (Å²) < 4.78 is 19.4. The van der Waals surface area contributed by atoms with Gasteiger partial charge in [-0.15, -0.1) is 0 Å². The van der Waals surface area contributed by atoms with Crippen molar-refractivity contribution in [2.24, 2.45) is 11.8 Å². The van der Waals surface area contributed by atoms with Gasteiger partial charge in [0.25, 0.3) is 0 Å². The Balaban J connectivity index is 1.84. The summed E-state index contributed by atoms with van der Waals surface area (Å²) in [7, 11) is 0. The van der Waals surface area contributed by atoms with Crippen LogP contribution < -0.4 is 0 Å². The summed E-state index contributed by atoms with van der Waals surface area (Å²) in [4.78, 5) is 0. The Morgan fingerprint density at radius 3 is 2.84 bits per heavy atom. The number of rotatable bonds is 5. The quantitative estimate of drug-likeness (QED) is 0.721. The van der Waals surface area contributed by atoms with Gasteiger partial charge in [0.15, 0.2) is 0 Å². The zero-order valence-corrected chi connectivity index (χ0v) is 12.4. The predicted molar refractivity (Wildman–Crippen MR) is 76.8 cm³/mol. The van der Waals surface area contributed by atoms with Gasteiger partial charge in [-0.25, -0.2) is 4.39 Å². The van der Waals surface area contributed by atoms with Crippen LogP contribution >= 0.6 is 11.6 Å². The first-order valence-corrected chi connectivity index (χ1v) is 7.48. The van der Waals surface area contributed by atoms with Crippen LogP contribution in [0.15, 0.2) is 18.2 Å². The second-order valence-corrected chi connectivity index (χ2v) is 6.35. The molecule has 0 saturated heterocycles. The molecule has 19 heavy (non-hydrogen) atoms. The van der Waals surface area contributed by atoms with Gasteiger partial charge in [0.1, 0.15) is 5.82 Å². The van der Waals surface area contributed by atoms with E-state index >= 15 is 0 Å². The van der Waals surface area contributed by atoms with Gasteiger partial charge in [-0.2, -0.15) is 0 Å². The molecule has 1 fully saturated rings. The van der Waals surface area contributed by atoms with Crippen molar-refractivity contribution in [1.29, 1.82) is 0 Å². The molecular weight excluding hydrogens is 263 g/mol. The fraction of sp³-hybridized carbons (Fsp3) is 0.625. The van der Waals surface area contributed by atoms with Crippen LogP contribution in [0, 0.1) is 17.7 Å². The van der Waals surface area contributed by atoms with Gasteiger partial charge in [0.2, 0.25) is 0 Å². The van der Waals surface area contributed by atoms with E-state index in [1.165, 1.54) is 18.9 Å². The van der Waals surface area contributed by atoms with Gasteiger partial charge in [0, 0.05) is 10.6 Å². The Morgan fingerprint density at radius 2 is 2.16 bits per heavy atom. The molecule has 1 aromatic carbocycles. The van der Waals surface area contributed by atoms with Crippen LogP contribution in [-0.2, 0) is 11.3 Å². The molecule has 1 nitrogen and oxygen atoms in total. The second-order valence-electron chi connectivity index (χ2n) is 5.94. The van der Waals surface area contributed by atoms with Gasteiger partial charge in [-0.1, -0.05) is 31.5 Å². The molecule has 0 aromatic heterocycles. The number of hydrogen-bond acceptors (Lipinski definition) is 1. The zero-order chi connectivity index (χ0) is 13.8. The molecule has 1 unspecified atom stereocenters. The minimum Gasteiger partial charge on any atom is -0.373 e. The molecule has 0 N–H and O–H groups in total. The molecule has 106 valence electrons. The molecule has 0 spiro atoms. The lowest BCUT2D eigenvalue weighted by Gasteiger charge is -2.15. The van der Waals surface area contributed by atoms with Crippen LogP contribution in [0.5, 0.6) is 0 Å². The number of ether oxygens (including phenoxy) is 1. The third-order valence-corrected chi connectivity index (χ3v) is 4.18. The van der Waals surface area contributed by atoms with E-state index in [1.54, 1.807) is 12.1 Å². The average Bonchev–Trinajstić information content (AvgIpc) is 2.75. The first-order chi connectivity index (χ1) is 9.06. The minimum absolute atomic E-state index is 0.263. The zero-order valence-electron chi connectivity index (χ0n) is 11.7. The lowest BCUT2D eigenvalue weighted by molar-refractivity contribution is 0.0409. The van der Waals surface area contributed by atoms with Crippen LogP contribution in [0.1, 0.15) is 45.1 Å². The molecule has 1 aliphatic rings. The van der Waals surface area contributed by atoms with E-state index in [-0.39, 0.29) is 18.5 Å². The summed E-state index contributed by atoms with van der Waals surface area (Å²) in [5.74, 6) is 1.23. The van der Waals surface area contributed by atoms with Crippen molar-refractivity contribution < 1.29 is 9.13 Å². The maximum atomic E-state index is 13.6. The van der Waals surface area contributed by atoms with E-state index < -0.39 is 0 Å². The van der Waals surface area contributed by atoms with Gasteiger partial charge in [-0.3, -0.25) is 0 Å². The monoisotopic (exact) mass is 284 g/mol. The van der Waals surface area contributed by atoms with E-state index in [2.05, 4.69) is 13.8 Å². The van der Waals surface area contributed by atoms with Gasteiger partial charge >= 0.3 is 0 Å². The highest BCUT2D eigenvalue weighted by atomic mass is 35.5. The Bertz CT molecular complexity index is 399. The maximum absolute atomic E-state index is 13.6. The number of halogens is 2. The summed E-state index contributed by atoms with van der Waals surface area (Å²) in [5.41, 5.74) is 0.483. The Morgan fingerprint density at radius 1 is 1.37 bits per heavy atom. The molecule has 2 atom stereocenters. The van der Waals surface area contributed by atoms with Crippen LogP contribution in [0.3, 0.4) is 0 Å². The van der Waals surface area contributed by atoms with Crippen LogP contribution in [0.25, 0.3) is 0 Å². The van der Waals surface area contributed by atoms with Gasteiger partial charge in [-0.05, 0) is 49.7 Å². The summed E-state index contributed by atoms with van der Waals surface area (Å²) in [6, 6.07) is 4.76. The average molecular weight is 285 g/mol. The smallest absolute Gasteiger partial charge is 0.130 e. The van der Waals surface area contributed by atoms with E-state index in [4.69, 9.17) is 16.3 Å². The Labute approximate surface area is 120 Å². The third kappa shape index (κ3) is 4.19. The topological polar surface area (TPSA) is 9.23 Å². The summed E-state index contributed by atoms with van der Waals surface area (Å²) >= 11 is 5.99. The normalized spacial score (nSPS) is 23.2. The minimum atomic E-state index is -0.274. The SMILES string of the molecule is CC(C)CC1CC[C@H](OCc2c(F)cccc2Cl)C1. The molecule has 0 radical (unpaired) electrons. The van der Waals surface area contributed by atoms with E-state index in [0.717, 1.165) is 24.7 Å². The summed E-state index contributed by atoms with van der Waals surface area (Å²) in [6.45, 7) is 4.80. The third-order valence-electron chi connectivity index (χ3n) is 3.82. The second kappa shape index (κ2) is 6.71. The fourth-order valence-electron chi connectivity index (χ4n) is 2.93. The largest absolute Gasteiger partial charge is 0.373 e. The number of benzene rings is 1. The molecule has 1 aliphatic carbocycles. The number of hydrogen-bond donors (Lipinski definition) is 0. The highest BCUT2D eigenvalue weighted by Crippen LogP contribution is 2.33. The molecule has 1 saturated carbocycles. The van der Waals surface area contributed by atoms with Crippen molar-refractivity contribution in [3.8, 4) is 0 Å². The maximum Gasteiger partial charge on any atom is 0.130 e. The molecule has 2 rings (SSSR count). The standard InChI is InChI=1S/C16H22ClFO/c1-11(2)8-12-6-7-13(9-12)19-10-14-15(17)4-3-5-16(14)18/h3-5,11-13H,6-10H2,1-2H3/t12?,13-/m0/s1. The lowest BCUT2D eigenvalue weighted by atomic mass is 9.96. The van der Waals surface area contributed by atoms with Crippen molar-refractivity contribution in [3.05, 3.63) is 34.6 Å². The summed E-state index contributed by atoms with van der Waals surface area (Å²) in [5, 5.41) is 0.455. The van der Waals surface area contributed by atoms with Crippen LogP contribution in [0.2, 0.25) is 5.02 Å². The Hall–Kier alpha value is -0.600. The predicted octanol–water partition coefficient (Wildman–Crippen LogP) is 5.21. The van der Waals surface area contributed by atoms with Crippen LogP contribution in [0.4, 0.5) is 4.39 Å². The molecular formula is C16H22ClFO. The van der Waals surface area contributed by atoms with Crippen molar-refractivity contribution in [3.63, 3.8) is 0 Å². The van der Waals surface area contributed by atoms with Gasteiger partial charge < -0.3 is 4.74 Å². The van der Waals surface area contributed by atoms with Gasteiger partial charge in [0.05, 0.1) is 12.7 Å². The van der Waals surface area contributed by atoms with Crippen molar-refractivity contribution in [2.45, 2.75) is 52.2 Å².